The zero-order valence-electron chi connectivity index (χ0n) is 12.3. The first-order chi connectivity index (χ1) is 10.4. The number of piperidine rings is 1. The molecule has 0 radical (unpaired) electrons. The van der Waals surface area contributed by atoms with Gasteiger partial charge in [0.05, 0.1) is 5.56 Å². The number of hydrogen-bond acceptors (Lipinski definition) is 2. The van der Waals surface area contributed by atoms with Crippen LogP contribution in [0.3, 0.4) is 0 Å². The predicted octanol–water partition coefficient (Wildman–Crippen LogP) is 3.93. The van der Waals surface area contributed by atoms with E-state index in [1.165, 1.54) is 6.07 Å². The lowest BCUT2D eigenvalue weighted by atomic mass is 9.78. The summed E-state index contributed by atoms with van der Waals surface area (Å²) in [7, 11) is 0. The summed E-state index contributed by atoms with van der Waals surface area (Å²) in [6.07, 6.45) is -0.887. The van der Waals surface area contributed by atoms with Gasteiger partial charge < -0.3 is 5.32 Å². The van der Waals surface area contributed by atoms with Crippen LogP contribution in [0.2, 0.25) is 5.02 Å². The average Bonchev–Trinajstić information content (AvgIpc) is 2.80. The maximum absolute atomic E-state index is 12.9. The zero-order chi connectivity index (χ0) is 15.8. The summed E-state index contributed by atoms with van der Waals surface area (Å²) in [6, 6.07) is 3.85. The molecule has 0 bridgehead atoms. The Morgan fingerprint density at radius 2 is 1.86 bits per heavy atom. The summed E-state index contributed by atoms with van der Waals surface area (Å²) in [5.74, 6) is 0. The second kappa shape index (κ2) is 6.02. The van der Waals surface area contributed by atoms with Crippen molar-refractivity contribution in [2.45, 2.75) is 32.0 Å². The van der Waals surface area contributed by atoms with E-state index in [2.05, 4.69) is 10.2 Å². The third-order valence-corrected chi connectivity index (χ3v) is 5.09. The fourth-order valence-electron chi connectivity index (χ4n) is 3.69. The van der Waals surface area contributed by atoms with E-state index in [1.807, 2.05) is 0 Å². The molecule has 122 valence electrons. The van der Waals surface area contributed by atoms with Crippen molar-refractivity contribution >= 4 is 11.6 Å². The summed E-state index contributed by atoms with van der Waals surface area (Å²) in [4.78, 5) is 2.26. The molecule has 0 atom stereocenters. The molecule has 2 nitrogen and oxygen atoms in total. The number of alkyl halides is 3. The molecule has 2 heterocycles. The third kappa shape index (κ3) is 3.58. The van der Waals surface area contributed by atoms with Crippen molar-refractivity contribution in [1.82, 2.24) is 10.2 Å². The molecule has 22 heavy (non-hydrogen) atoms. The molecule has 0 aliphatic carbocycles. The van der Waals surface area contributed by atoms with Crippen molar-refractivity contribution in [1.29, 1.82) is 0 Å². The van der Waals surface area contributed by atoms with Gasteiger partial charge >= 0.3 is 6.18 Å². The Hall–Kier alpha value is -0.780. The number of benzene rings is 1. The molecule has 0 amide bonds. The van der Waals surface area contributed by atoms with Crippen molar-refractivity contribution < 1.29 is 13.2 Å². The lowest BCUT2D eigenvalue weighted by Crippen LogP contribution is -2.38. The Morgan fingerprint density at radius 3 is 2.55 bits per heavy atom. The van der Waals surface area contributed by atoms with Gasteiger partial charge in [-0.25, -0.2) is 0 Å². The van der Waals surface area contributed by atoms with Crippen LogP contribution in [0, 0.1) is 5.41 Å². The fourth-order valence-corrected chi connectivity index (χ4v) is 3.95. The fraction of sp³-hybridized carbons (Fsp3) is 0.625. The van der Waals surface area contributed by atoms with E-state index in [1.54, 1.807) is 6.07 Å². The zero-order valence-corrected chi connectivity index (χ0v) is 13.1. The highest BCUT2D eigenvalue weighted by Gasteiger charge is 2.38. The number of nitrogens with one attached hydrogen (secondary N) is 1. The summed E-state index contributed by atoms with van der Waals surface area (Å²) < 4.78 is 38.6. The highest BCUT2D eigenvalue weighted by Crippen LogP contribution is 2.39. The number of likely N-dealkylation sites (tertiary alicyclic amines) is 1. The van der Waals surface area contributed by atoms with Crippen LogP contribution in [-0.2, 0) is 12.7 Å². The van der Waals surface area contributed by atoms with Crippen molar-refractivity contribution in [3.05, 3.63) is 34.3 Å². The quantitative estimate of drug-likeness (QED) is 0.882. The van der Waals surface area contributed by atoms with E-state index >= 15 is 0 Å². The first-order valence-electron chi connectivity index (χ1n) is 7.66. The van der Waals surface area contributed by atoms with Gasteiger partial charge in [-0.3, -0.25) is 4.90 Å². The largest absolute Gasteiger partial charge is 0.416 e. The second-order valence-electron chi connectivity index (χ2n) is 6.56. The summed E-state index contributed by atoms with van der Waals surface area (Å²) >= 11 is 5.86. The number of hydrogen-bond donors (Lipinski definition) is 1. The molecular formula is C16H20ClF3N2. The molecule has 0 saturated carbocycles. The number of halogens is 4. The lowest BCUT2D eigenvalue weighted by Gasteiger charge is -2.34. The van der Waals surface area contributed by atoms with Gasteiger partial charge in [-0.05, 0) is 68.1 Å². The highest BCUT2D eigenvalue weighted by molar-refractivity contribution is 6.30. The van der Waals surface area contributed by atoms with Crippen molar-refractivity contribution in [3.8, 4) is 0 Å². The third-order valence-electron chi connectivity index (χ3n) is 4.87. The molecule has 1 aromatic rings. The van der Waals surface area contributed by atoms with Crippen molar-refractivity contribution in [2.24, 2.45) is 5.41 Å². The van der Waals surface area contributed by atoms with Gasteiger partial charge in [-0.15, -0.1) is 0 Å². The minimum Gasteiger partial charge on any atom is -0.317 e. The Balaban J connectivity index is 1.70. The smallest absolute Gasteiger partial charge is 0.317 e. The Bertz CT molecular complexity index is 539. The van der Waals surface area contributed by atoms with E-state index < -0.39 is 11.7 Å². The molecule has 0 unspecified atom stereocenters. The first-order valence-corrected chi connectivity index (χ1v) is 8.04. The van der Waals surface area contributed by atoms with Gasteiger partial charge in [0.15, 0.2) is 0 Å². The summed E-state index contributed by atoms with van der Waals surface area (Å²) in [5, 5.41) is 3.52. The van der Waals surface area contributed by atoms with E-state index in [4.69, 9.17) is 11.6 Å². The molecule has 1 N–H and O–H groups in total. The molecule has 3 rings (SSSR count). The molecule has 6 heteroatoms. The van der Waals surface area contributed by atoms with Gasteiger partial charge in [-0.1, -0.05) is 11.6 Å². The topological polar surface area (TPSA) is 15.3 Å². The van der Waals surface area contributed by atoms with Gasteiger partial charge in [-0.2, -0.15) is 13.2 Å². The first kappa shape index (κ1) is 16.1. The number of nitrogens with zero attached hydrogens (tertiary/aromatic N) is 1. The SMILES string of the molecule is FC(F)(F)c1cc(Cl)cc(CN2CCC3(CCNCC3)C2)c1. The van der Waals surface area contributed by atoms with E-state index in [-0.39, 0.29) is 5.02 Å². The van der Waals surface area contributed by atoms with Gasteiger partial charge in [0.1, 0.15) is 0 Å². The van der Waals surface area contributed by atoms with Crippen LogP contribution < -0.4 is 5.32 Å². The van der Waals surface area contributed by atoms with Crippen LogP contribution in [-0.4, -0.2) is 31.1 Å². The maximum atomic E-state index is 12.9. The molecule has 1 spiro atoms. The van der Waals surface area contributed by atoms with Crippen LogP contribution in [0.4, 0.5) is 13.2 Å². The van der Waals surface area contributed by atoms with E-state index in [9.17, 15) is 13.2 Å². The molecule has 2 saturated heterocycles. The van der Waals surface area contributed by atoms with Crippen LogP contribution in [0.15, 0.2) is 18.2 Å². The van der Waals surface area contributed by atoms with Crippen LogP contribution in [0.5, 0.6) is 0 Å². The molecule has 1 aromatic carbocycles. The van der Waals surface area contributed by atoms with Gasteiger partial charge in [0.25, 0.3) is 0 Å². The molecular weight excluding hydrogens is 313 g/mol. The second-order valence-corrected chi connectivity index (χ2v) is 6.99. The monoisotopic (exact) mass is 332 g/mol. The standard InChI is InChI=1S/C16H20ClF3N2/c17-14-8-12(7-13(9-14)16(18,19)20)10-22-6-3-15(11-22)1-4-21-5-2-15/h7-9,21H,1-6,10-11H2. The highest BCUT2D eigenvalue weighted by atomic mass is 35.5. The van der Waals surface area contributed by atoms with E-state index in [0.29, 0.717) is 17.5 Å². The molecule has 0 aromatic heterocycles. The minimum atomic E-state index is -4.35. The molecule has 2 aliphatic heterocycles. The molecule has 2 fully saturated rings. The van der Waals surface area contributed by atoms with Crippen LogP contribution >= 0.6 is 11.6 Å². The van der Waals surface area contributed by atoms with Crippen molar-refractivity contribution in [2.75, 3.05) is 26.2 Å². The Morgan fingerprint density at radius 1 is 1.14 bits per heavy atom. The normalized spacial score (nSPS) is 22.4. The number of rotatable bonds is 2. The van der Waals surface area contributed by atoms with Crippen LogP contribution in [0.25, 0.3) is 0 Å². The Labute approximate surface area is 133 Å². The van der Waals surface area contributed by atoms with Crippen molar-refractivity contribution in [3.63, 3.8) is 0 Å². The van der Waals surface area contributed by atoms with Crippen LogP contribution in [0.1, 0.15) is 30.4 Å². The minimum absolute atomic E-state index is 0.153. The summed E-state index contributed by atoms with van der Waals surface area (Å²) in [5.41, 5.74) is 0.341. The molecule has 2 aliphatic rings. The maximum Gasteiger partial charge on any atom is 0.416 e. The lowest BCUT2D eigenvalue weighted by molar-refractivity contribution is -0.137. The summed E-state index contributed by atoms with van der Waals surface area (Å²) in [6.45, 7) is 4.56. The Kier molecular flexibility index (Phi) is 4.40. The van der Waals surface area contributed by atoms with E-state index in [0.717, 1.165) is 51.5 Å². The average molecular weight is 333 g/mol. The van der Waals surface area contributed by atoms with Gasteiger partial charge in [0.2, 0.25) is 0 Å². The van der Waals surface area contributed by atoms with Gasteiger partial charge in [0, 0.05) is 18.1 Å². The predicted molar refractivity (Wildman–Crippen MR) is 80.9 cm³/mol.